The molecule has 0 aromatic heterocycles. The van der Waals surface area contributed by atoms with Crippen molar-refractivity contribution in [2.24, 2.45) is 22.7 Å². The Hall–Kier alpha value is -1.70. The van der Waals surface area contributed by atoms with Gasteiger partial charge in [-0.1, -0.05) is 27.4 Å². The standard InChI is InChI=1S/C24H36O7/c1-11-16(27)8-9-24(7)18(11)20(28)15-10-17(30-13(3)25)12(2)19(23(15,5)6)21(22(24)29)31-14(4)26/h15-18,20-22,27-29H,1,8-10H2,2-7H3/t15?,16-,17-,18-,20+,21+,22-,24+/m0/s1. The van der Waals surface area contributed by atoms with E-state index in [9.17, 15) is 24.9 Å². The van der Waals surface area contributed by atoms with E-state index in [1.165, 1.54) is 13.8 Å². The number of aliphatic hydroxyl groups excluding tert-OH is 3. The van der Waals surface area contributed by atoms with E-state index in [0.717, 1.165) is 5.57 Å². The molecule has 0 spiro atoms. The molecule has 2 bridgehead atoms. The molecule has 0 aromatic carbocycles. The van der Waals surface area contributed by atoms with Crippen molar-refractivity contribution in [2.45, 2.75) is 91.3 Å². The highest BCUT2D eigenvalue weighted by Gasteiger charge is 2.61. The summed E-state index contributed by atoms with van der Waals surface area (Å²) < 4.78 is 11.3. The summed E-state index contributed by atoms with van der Waals surface area (Å²) in [6.45, 7) is 14.3. The summed E-state index contributed by atoms with van der Waals surface area (Å²) in [4.78, 5) is 23.9. The first kappa shape index (κ1) is 24.0. The Bertz CT molecular complexity index is 813. The zero-order valence-corrected chi connectivity index (χ0v) is 19.3. The van der Waals surface area contributed by atoms with E-state index in [2.05, 4.69) is 6.58 Å². The average Bonchev–Trinajstić information content (AvgIpc) is 2.64. The van der Waals surface area contributed by atoms with Crippen molar-refractivity contribution < 1.29 is 34.4 Å². The molecule has 0 aromatic rings. The van der Waals surface area contributed by atoms with Gasteiger partial charge in [-0.05, 0) is 54.2 Å². The van der Waals surface area contributed by atoms with Gasteiger partial charge in [-0.2, -0.15) is 0 Å². The van der Waals surface area contributed by atoms with Crippen molar-refractivity contribution in [1.29, 1.82) is 0 Å². The van der Waals surface area contributed by atoms with Crippen LogP contribution in [0.3, 0.4) is 0 Å². The number of esters is 2. The molecular weight excluding hydrogens is 400 g/mol. The van der Waals surface area contributed by atoms with Crippen molar-refractivity contribution in [3.05, 3.63) is 23.3 Å². The number of hydrogen-bond acceptors (Lipinski definition) is 7. The Morgan fingerprint density at radius 3 is 2.19 bits per heavy atom. The van der Waals surface area contributed by atoms with Gasteiger partial charge >= 0.3 is 11.9 Å². The van der Waals surface area contributed by atoms with Crippen LogP contribution in [-0.4, -0.2) is 57.8 Å². The molecule has 1 unspecified atom stereocenters. The van der Waals surface area contributed by atoms with Crippen LogP contribution in [0.2, 0.25) is 0 Å². The van der Waals surface area contributed by atoms with Gasteiger partial charge in [-0.3, -0.25) is 9.59 Å². The highest BCUT2D eigenvalue weighted by Crippen LogP contribution is 2.59. The topological polar surface area (TPSA) is 113 Å². The Morgan fingerprint density at radius 2 is 1.65 bits per heavy atom. The van der Waals surface area contributed by atoms with Gasteiger partial charge in [0.05, 0.1) is 12.2 Å². The first-order valence-corrected chi connectivity index (χ1v) is 11.0. The molecule has 31 heavy (non-hydrogen) atoms. The van der Waals surface area contributed by atoms with E-state index < -0.39 is 59.2 Å². The molecule has 0 aliphatic heterocycles. The fourth-order valence-electron chi connectivity index (χ4n) is 6.48. The fraction of sp³-hybridized carbons (Fsp3) is 0.750. The third kappa shape index (κ3) is 3.74. The molecule has 0 amide bonds. The van der Waals surface area contributed by atoms with Gasteiger partial charge in [0.2, 0.25) is 0 Å². The molecule has 0 heterocycles. The van der Waals surface area contributed by atoms with Gasteiger partial charge in [0.25, 0.3) is 0 Å². The van der Waals surface area contributed by atoms with Crippen LogP contribution < -0.4 is 0 Å². The Labute approximate surface area is 184 Å². The largest absolute Gasteiger partial charge is 0.458 e. The van der Waals surface area contributed by atoms with Crippen LogP contribution in [0, 0.1) is 22.7 Å². The summed E-state index contributed by atoms with van der Waals surface area (Å²) in [5, 5.41) is 33.9. The number of fused-ring (bicyclic) bond motifs is 3. The minimum atomic E-state index is -1.14. The van der Waals surface area contributed by atoms with Crippen LogP contribution in [-0.2, 0) is 19.1 Å². The van der Waals surface area contributed by atoms with Gasteiger partial charge in [-0.25, -0.2) is 0 Å². The van der Waals surface area contributed by atoms with Gasteiger partial charge < -0.3 is 24.8 Å². The van der Waals surface area contributed by atoms with Crippen LogP contribution >= 0.6 is 0 Å². The number of hydrogen-bond donors (Lipinski definition) is 3. The molecule has 8 atom stereocenters. The molecule has 2 fully saturated rings. The second-order valence-corrected chi connectivity index (χ2v) is 10.3. The molecule has 174 valence electrons. The Morgan fingerprint density at radius 1 is 1.06 bits per heavy atom. The maximum Gasteiger partial charge on any atom is 0.303 e. The van der Waals surface area contributed by atoms with Crippen LogP contribution in [0.5, 0.6) is 0 Å². The highest BCUT2D eigenvalue weighted by molar-refractivity contribution is 5.67. The van der Waals surface area contributed by atoms with Crippen LogP contribution in [0.25, 0.3) is 0 Å². The van der Waals surface area contributed by atoms with Crippen molar-refractivity contribution in [1.82, 2.24) is 0 Å². The summed E-state index contributed by atoms with van der Waals surface area (Å²) in [6.07, 6.45) is -3.17. The molecule has 0 saturated heterocycles. The Balaban J connectivity index is 2.28. The first-order chi connectivity index (χ1) is 14.2. The molecule has 2 saturated carbocycles. The van der Waals surface area contributed by atoms with Crippen LogP contribution in [0.4, 0.5) is 0 Å². The lowest BCUT2D eigenvalue weighted by Crippen LogP contribution is -2.62. The maximum atomic E-state index is 12.1. The summed E-state index contributed by atoms with van der Waals surface area (Å²) in [6, 6.07) is 0. The van der Waals surface area contributed by atoms with Gasteiger partial charge in [0.1, 0.15) is 12.2 Å². The number of rotatable bonds is 2. The van der Waals surface area contributed by atoms with E-state index in [-0.39, 0.29) is 5.92 Å². The first-order valence-electron chi connectivity index (χ1n) is 11.0. The summed E-state index contributed by atoms with van der Waals surface area (Å²) in [7, 11) is 0. The molecule has 0 radical (unpaired) electrons. The number of carbonyl (C=O) groups is 2. The van der Waals surface area contributed by atoms with E-state index >= 15 is 0 Å². The second kappa shape index (κ2) is 8.01. The number of aliphatic hydroxyl groups is 3. The van der Waals surface area contributed by atoms with Gasteiger partial charge in [0.15, 0.2) is 6.10 Å². The molecule has 3 aliphatic carbocycles. The lowest BCUT2D eigenvalue weighted by Gasteiger charge is -2.59. The SMILES string of the molecule is C=C1[C@@H](O)CC[C@@]2(C)[C@@H](O)[C@H](OC(C)=O)C3=C(C)[C@@H](OC(C)=O)CC([C@@H](O)[C@H]12)C3(C)C. The third-order valence-corrected chi connectivity index (χ3v) is 8.09. The van der Waals surface area contributed by atoms with Crippen molar-refractivity contribution >= 4 is 11.9 Å². The predicted octanol–water partition coefficient (Wildman–Crippen LogP) is 2.28. The molecule has 7 nitrogen and oxygen atoms in total. The van der Waals surface area contributed by atoms with Gasteiger partial charge in [0, 0.05) is 25.2 Å². The van der Waals surface area contributed by atoms with E-state index in [1.807, 2.05) is 27.7 Å². The van der Waals surface area contributed by atoms with Crippen LogP contribution in [0.1, 0.15) is 60.8 Å². The third-order valence-electron chi connectivity index (χ3n) is 8.09. The lowest BCUT2D eigenvalue weighted by atomic mass is 9.49. The number of ether oxygens (including phenoxy) is 2. The smallest absolute Gasteiger partial charge is 0.303 e. The van der Waals surface area contributed by atoms with Crippen molar-refractivity contribution in [3.8, 4) is 0 Å². The van der Waals surface area contributed by atoms with E-state index in [0.29, 0.717) is 30.4 Å². The predicted molar refractivity (Wildman–Crippen MR) is 114 cm³/mol. The molecular formula is C24H36O7. The molecule has 3 rings (SSSR count). The van der Waals surface area contributed by atoms with E-state index in [1.54, 1.807) is 0 Å². The summed E-state index contributed by atoms with van der Waals surface area (Å²) in [5.74, 6) is -1.94. The lowest BCUT2D eigenvalue weighted by molar-refractivity contribution is -0.180. The minimum absolute atomic E-state index is 0.368. The maximum absolute atomic E-state index is 12.1. The Kier molecular flexibility index (Phi) is 6.19. The van der Waals surface area contributed by atoms with Gasteiger partial charge in [-0.15, -0.1) is 0 Å². The molecule has 7 heteroatoms. The molecule has 3 N–H and O–H groups in total. The zero-order chi connectivity index (χ0) is 23.5. The monoisotopic (exact) mass is 436 g/mol. The normalized spacial score (nSPS) is 42.2. The quantitative estimate of drug-likeness (QED) is 0.450. The minimum Gasteiger partial charge on any atom is -0.458 e. The van der Waals surface area contributed by atoms with Crippen molar-refractivity contribution in [3.63, 3.8) is 0 Å². The number of carbonyl (C=O) groups excluding carboxylic acids is 2. The van der Waals surface area contributed by atoms with Crippen molar-refractivity contribution in [2.75, 3.05) is 0 Å². The van der Waals surface area contributed by atoms with E-state index in [4.69, 9.17) is 9.47 Å². The second-order valence-electron chi connectivity index (χ2n) is 10.3. The highest BCUT2D eigenvalue weighted by atomic mass is 16.6. The zero-order valence-electron chi connectivity index (χ0n) is 19.3. The fourth-order valence-corrected chi connectivity index (χ4v) is 6.48. The average molecular weight is 437 g/mol. The summed E-state index contributed by atoms with van der Waals surface area (Å²) in [5.41, 5.74) is 0.394. The molecule has 3 aliphatic rings. The summed E-state index contributed by atoms with van der Waals surface area (Å²) >= 11 is 0. The van der Waals surface area contributed by atoms with Crippen LogP contribution in [0.15, 0.2) is 23.3 Å².